The van der Waals surface area contributed by atoms with Crippen LogP contribution >= 0.6 is 11.3 Å². The first-order valence-corrected chi connectivity index (χ1v) is 12.5. The quantitative estimate of drug-likeness (QED) is 0.662. The number of rotatable bonds is 5. The summed E-state index contributed by atoms with van der Waals surface area (Å²) in [6.07, 6.45) is 5.12. The van der Waals surface area contributed by atoms with Crippen molar-refractivity contribution < 1.29 is 8.42 Å². The second kappa shape index (κ2) is 7.34. The van der Waals surface area contributed by atoms with Crippen LogP contribution in [0.4, 0.5) is 5.69 Å². The van der Waals surface area contributed by atoms with E-state index in [0.717, 1.165) is 55.5 Å². The summed E-state index contributed by atoms with van der Waals surface area (Å²) in [4.78, 5) is 11.5. The molecule has 1 aromatic carbocycles. The predicted molar refractivity (Wildman–Crippen MR) is 117 cm³/mol. The van der Waals surface area contributed by atoms with Gasteiger partial charge in [-0.25, -0.2) is 13.4 Å². The minimum absolute atomic E-state index is 0.238. The van der Waals surface area contributed by atoms with E-state index in [1.54, 1.807) is 17.5 Å². The number of aromatic nitrogens is 2. The van der Waals surface area contributed by atoms with E-state index in [4.69, 9.17) is 0 Å². The van der Waals surface area contributed by atoms with E-state index in [1.807, 2.05) is 11.6 Å². The van der Waals surface area contributed by atoms with Gasteiger partial charge in [-0.2, -0.15) is 0 Å². The molecule has 5 rings (SSSR count). The Kier molecular flexibility index (Phi) is 4.80. The molecule has 0 unspecified atom stereocenters. The Labute approximate surface area is 175 Å². The second-order valence-electron chi connectivity index (χ2n) is 8.01. The molecule has 3 aromatic rings. The molecule has 1 N–H and O–H groups in total. The number of hydrogen-bond acceptors (Lipinski definition) is 6. The molecule has 0 radical (unpaired) electrons. The zero-order chi connectivity index (χ0) is 20.0. The van der Waals surface area contributed by atoms with Gasteiger partial charge in [0, 0.05) is 18.3 Å². The maximum Gasteiger partial charge on any atom is 0.235 e. The van der Waals surface area contributed by atoms with Gasteiger partial charge in [0.25, 0.3) is 0 Å². The van der Waals surface area contributed by atoms with E-state index in [0.29, 0.717) is 5.69 Å². The minimum Gasteiger partial charge on any atom is -0.292 e. The van der Waals surface area contributed by atoms with Crippen LogP contribution in [0, 0.1) is 0 Å². The topological polar surface area (TPSA) is 75.2 Å². The number of pyridine rings is 1. The molecular weight excluding hydrogens is 404 g/mol. The van der Waals surface area contributed by atoms with E-state index in [-0.39, 0.29) is 11.3 Å². The van der Waals surface area contributed by atoms with E-state index in [2.05, 4.69) is 44.7 Å². The molecule has 1 aliphatic heterocycles. The number of nitrogens with one attached hydrogen (secondary N) is 1. The van der Waals surface area contributed by atoms with Gasteiger partial charge >= 0.3 is 0 Å². The van der Waals surface area contributed by atoms with Gasteiger partial charge in [0.15, 0.2) is 0 Å². The van der Waals surface area contributed by atoms with Crippen LogP contribution in [0.5, 0.6) is 0 Å². The van der Waals surface area contributed by atoms with Crippen molar-refractivity contribution in [1.82, 2.24) is 14.9 Å². The van der Waals surface area contributed by atoms with Crippen LogP contribution in [0.15, 0.2) is 36.0 Å². The van der Waals surface area contributed by atoms with Crippen LogP contribution in [0.3, 0.4) is 0 Å². The lowest BCUT2D eigenvalue weighted by atomic mass is 10.1. The molecule has 0 saturated heterocycles. The number of sulfonamides is 1. The molecule has 8 heteroatoms. The summed E-state index contributed by atoms with van der Waals surface area (Å²) >= 11 is 1.66. The third-order valence-corrected chi connectivity index (χ3v) is 8.58. The SMILES string of the molecule is C[C@@H](c1ccc2scnc2c1)N1CCCc2ncc(NS(=O)(=O)C3CC3)cc2C1. The number of nitrogens with zero attached hydrogens (tertiary/aromatic N) is 3. The van der Waals surface area contributed by atoms with Crippen molar-refractivity contribution in [2.24, 2.45) is 0 Å². The van der Waals surface area contributed by atoms with Crippen molar-refractivity contribution in [3.05, 3.63) is 52.8 Å². The highest BCUT2D eigenvalue weighted by Gasteiger charge is 2.36. The van der Waals surface area contributed by atoms with Gasteiger partial charge in [-0.1, -0.05) is 6.07 Å². The lowest BCUT2D eigenvalue weighted by Gasteiger charge is -2.28. The molecule has 6 nitrogen and oxygen atoms in total. The lowest BCUT2D eigenvalue weighted by molar-refractivity contribution is 0.205. The van der Waals surface area contributed by atoms with Gasteiger partial charge < -0.3 is 0 Å². The Bertz CT molecular complexity index is 1150. The van der Waals surface area contributed by atoms with Crippen LogP contribution in [0.25, 0.3) is 10.2 Å². The fourth-order valence-corrected chi connectivity index (χ4v) is 6.03. The Morgan fingerprint density at radius 2 is 2.10 bits per heavy atom. The fraction of sp³-hybridized carbons (Fsp3) is 0.429. The smallest absolute Gasteiger partial charge is 0.235 e. The first kappa shape index (κ1) is 19.0. The van der Waals surface area contributed by atoms with Crippen LogP contribution in [0.1, 0.15) is 49.0 Å². The molecule has 0 bridgehead atoms. The highest BCUT2D eigenvalue weighted by Crippen LogP contribution is 2.32. The van der Waals surface area contributed by atoms with Crippen molar-refractivity contribution in [3.8, 4) is 0 Å². The summed E-state index contributed by atoms with van der Waals surface area (Å²) < 4.78 is 28.5. The number of anilines is 1. The van der Waals surface area contributed by atoms with E-state index < -0.39 is 10.0 Å². The Morgan fingerprint density at radius 3 is 2.93 bits per heavy atom. The van der Waals surface area contributed by atoms with E-state index in [1.165, 1.54) is 10.3 Å². The van der Waals surface area contributed by atoms with Crippen molar-refractivity contribution in [1.29, 1.82) is 0 Å². The Hall–Kier alpha value is -2.03. The molecule has 1 saturated carbocycles. The van der Waals surface area contributed by atoms with Crippen LogP contribution in [0.2, 0.25) is 0 Å². The zero-order valence-electron chi connectivity index (χ0n) is 16.3. The highest BCUT2D eigenvalue weighted by atomic mass is 32.2. The molecule has 1 aliphatic carbocycles. The van der Waals surface area contributed by atoms with Crippen molar-refractivity contribution in [3.63, 3.8) is 0 Å². The lowest BCUT2D eigenvalue weighted by Crippen LogP contribution is -2.27. The maximum atomic E-state index is 12.3. The summed E-state index contributed by atoms with van der Waals surface area (Å²) in [6.45, 7) is 3.97. The molecule has 1 fully saturated rings. The van der Waals surface area contributed by atoms with Crippen molar-refractivity contribution >= 4 is 37.3 Å². The number of thiazole rings is 1. The van der Waals surface area contributed by atoms with Crippen molar-refractivity contribution in [2.75, 3.05) is 11.3 Å². The van der Waals surface area contributed by atoms with Crippen LogP contribution in [-0.4, -0.2) is 35.1 Å². The zero-order valence-corrected chi connectivity index (χ0v) is 18.0. The number of benzene rings is 1. The van der Waals surface area contributed by atoms with Gasteiger partial charge in [-0.15, -0.1) is 11.3 Å². The largest absolute Gasteiger partial charge is 0.292 e. The number of hydrogen-bond donors (Lipinski definition) is 1. The van der Waals surface area contributed by atoms with Gasteiger partial charge in [0.05, 0.1) is 32.9 Å². The molecule has 0 spiro atoms. The van der Waals surface area contributed by atoms with Gasteiger partial charge in [0.1, 0.15) is 0 Å². The Morgan fingerprint density at radius 1 is 1.24 bits per heavy atom. The van der Waals surface area contributed by atoms with Crippen molar-refractivity contribution in [2.45, 2.75) is 50.4 Å². The third kappa shape index (κ3) is 3.89. The van der Waals surface area contributed by atoms with Crippen LogP contribution < -0.4 is 4.72 Å². The molecule has 2 aliphatic rings. The molecule has 1 atom stereocenters. The molecule has 2 aromatic heterocycles. The normalized spacial score (nSPS) is 18.9. The summed E-state index contributed by atoms with van der Waals surface area (Å²) in [5, 5.41) is -0.238. The molecule has 152 valence electrons. The Balaban J connectivity index is 1.39. The third-order valence-electron chi connectivity index (χ3n) is 5.90. The van der Waals surface area contributed by atoms with Gasteiger partial charge in [-0.05, 0) is 68.5 Å². The number of fused-ring (bicyclic) bond motifs is 2. The van der Waals surface area contributed by atoms with Gasteiger partial charge in [-0.3, -0.25) is 14.6 Å². The summed E-state index contributed by atoms with van der Waals surface area (Å²) in [7, 11) is -3.27. The average molecular weight is 429 g/mol. The monoisotopic (exact) mass is 428 g/mol. The fourth-order valence-electron chi connectivity index (χ4n) is 4.01. The molecule has 0 amide bonds. The minimum atomic E-state index is -3.27. The number of aryl methyl sites for hydroxylation is 1. The predicted octanol–water partition coefficient (Wildman–Crippen LogP) is 4.10. The second-order valence-corrected chi connectivity index (χ2v) is 10.9. The molecule has 3 heterocycles. The molecule has 29 heavy (non-hydrogen) atoms. The molecular formula is C21H24N4O2S2. The van der Waals surface area contributed by atoms with Crippen LogP contribution in [-0.2, 0) is 23.0 Å². The van der Waals surface area contributed by atoms with E-state index in [9.17, 15) is 8.42 Å². The first-order chi connectivity index (χ1) is 14.0. The highest BCUT2D eigenvalue weighted by molar-refractivity contribution is 7.93. The van der Waals surface area contributed by atoms with Gasteiger partial charge in [0.2, 0.25) is 10.0 Å². The average Bonchev–Trinajstić information content (AvgIpc) is 3.49. The summed E-state index contributed by atoms with van der Waals surface area (Å²) in [5.74, 6) is 0. The standard InChI is InChI=1S/C21H24N4O2S2/c1-14(15-4-7-21-20(10-15)23-13-28-21)25-8-2-3-19-16(12-25)9-17(11-22-19)24-29(26,27)18-5-6-18/h4,7,9-11,13-14,18,24H,2-3,5-6,8,12H2,1H3/t14-/m0/s1. The summed E-state index contributed by atoms with van der Waals surface area (Å²) in [5.41, 5.74) is 6.95. The first-order valence-electron chi connectivity index (χ1n) is 10.1. The summed E-state index contributed by atoms with van der Waals surface area (Å²) in [6, 6.07) is 8.74. The maximum absolute atomic E-state index is 12.3. The van der Waals surface area contributed by atoms with E-state index >= 15 is 0 Å².